The highest BCUT2D eigenvalue weighted by Gasteiger charge is 2.16. The molecule has 23 heavy (non-hydrogen) atoms. The number of halogens is 1. The van der Waals surface area contributed by atoms with Crippen LogP contribution in [0.5, 0.6) is 11.5 Å². The largest absolute Gasteiger partial charge is 0.490 e. The molecule has 1 amide bonds. The van der Waals surface area contributed by atoms with Gasteiger partial charge in [-0.25, -0.2) is 0 Å². The molecule has 1 aromatic rings. The van der Waals surface area contributed by atoms with Crippen LogP contribution < -0.4 is 19.7 Å². The van der Waals surface area contributed by atoms with Gasteiger partial charge in [0.15, 0.2) is 18.0 Å². The Balaban J connectivity index is 2.82. The summed E-state index contributed by atoms with van der Waals surface area (Å²) in [5.41, 5.74) is 1.09. The van der Waals surface area contributed by atoms with Crippen molar-refractivity contribution < 1.29 is 19.2 Å². The van der Waals surface area contributed by atoms with Crippen molar-refractivity contribution in [2.24, 2.45) is 0 Å². The van der Waals surface area contributed by atoms with Crippen molar-refractivity contribution in [2.75, 3.05) is 26.8 Å². The molecule has 0 saturated carbocycles. The highest BCUT2D eigenvalue weighted by molar-refractivity contribution is 9.10. The van der Waals surface area contributed by atoms with Crippen molar-refractivity contribution in [3.63, 3.8) is 0 Å². The van der Waals surface area contributed by atoms with Gasteiger partial charge >= 0.3 is 0 Å². The maximum Gasteiger partial charge on any atom is 0.275 e. The minimum Gasteiger partial charge on any atom is -0.490 e. The Kier molecular flexibility index (Phi) is 8.41. The summed E-state index contributed by atoms with van der Waals surface area (Å²) < 4.78 is 12.2. The molecule has 0 bridgehead atoms. The maximum atomic E-state index is 11.9. The number of amides is 1. The number of nitrogens with one attached hydrogen (secondary N) is 2. The molecule has 0 heterocycles. The molecule has 1 unspecified atom stereocenters. The van der Waals surface area contributed by atoms with Crippen LogP contribution in [0.25, 0.3) is 0 Å². The van der Waals surface area contributed by atoms with Gasteiger partial charge in [0.25, 0.3) is 5.91 Å². The van der Waals surface area contributed by atoms with E-state index in [9.17, 15) is 4.79 Å². The molecule has 2 N–H and O–H groups in total. The Morgan fingerprint density at radius 3 is 2.30 bits per heavy atom. The predicted octanol–water partition coefficient (Wildman–Crippen LogP) is 1.79. The van der Waals surface area contributed by atoms with Crippen LogP contribution in [-0.2, 0) is 11.3 Å². The molecule has 0 aliphatic heterocycles. The first-order valence-corrected chi connectivity index (χ1v) is 8.85. The third kappa shape index (κ3) is 6.79. The topological polar surface area (TPSA) is 52.0 Å². The van der Waals surface area contributed by atoms with E-state index in [1.165, 1.54) is 0 Å². The van der Waals surface area contributed by atoms with E-state index in [1.54, 1.807) is 0 Å². The Morgan fingerprint density at radius 1 is 1.22 bits per heavy atom. The summed E-state index contributed by atoms with van der Waals surface area (Å²) >= 11 is 3.59. The third-order valence-corrected chi connectivity index (χ3v) is 3.85. The van der Waals surface area contributed by atoms with Crippen molar-refractivity contribution in [1.29, 1.82) is 0 Å². The average Bonchev–Trinajstić information content (AvgIpc) is 2.43. The summed E-state index contributed by atoms with van der Waals surface area (Å²) in [4.78, 5) is 13.0. The first kappa shape index (κ1) is 19.8. The van der Waals surface area contributed by atoms with Gasteiger partial charge in [0, 0.05) is 16.1 Å². The van der Waals surface area contributed by atoms with Crippen molar-refractivity contribution >= 4 is 21.8 Å². The normalized spacial score (nSPS) is 12.1. The van der Waals surface area contributed by atoms with Gasteiger partial charge in [-0.15, -0.1) is 0 Å². The number of quaternary nitrogens is 1. The molecule has 130 valence electrons. The number of benzene rings is 1. The maximum absolute atomic E-state index is 11.9. The number of carbonyl (C=O) groups excluding carboxylic acids is 1. The van der Waals surface area contributed by atoms with Crippen LogP contribution in [0.2, 0.25) is 0 Å². The zero-order valence-corrected chi connectivity index (χ0v) is 16.2. The predicted molar refractivity (Wildman–Crippen MR) is 95.2 cm³/mol. The second-order valence-corrected chi connectivity index (χ2v) is 6.64. The standard InChI is InChI=1S/C17H27BrN2O3/c1-6-22-15-8-13(14(18)9-16(15)23-7-2)10-20(5)11-17(21)19-12(3)4/h8-9,12H,6-7,10-11H2,1-5H3,(H,19,21)/p+1. The zero-order valence-electron chi connectivity index (χ0n) is 14.7. The van der Waals surface area contributed by atoms with Gasteiger partial charge in [-0.2, -0.15) is 0 Å². The number of rotatable bonds is 9. The van der Waals surface area contributed by atoms with Gasteiger partial charge in [0.2, 0.25) is 0 Å². The highest BCUT2D eigenvalue weighted by atomic mass is 79.9. The average molecular weight is 388 g/mol. The van der Waals surface area contributed by atoms with Crippen LogP contribution in [0.1, 0.15) is 33.3 Å². The molecule has 0 fully saturated rings. The Labute approximate surface area is 147 Å². The molecule has 0 aliphatic carbocycles. The quantitative estimate of drug-likeness (QED) is 0.678. The molecule has 0 aliphatic rings. The lowest BCUT2D eigenvalue weighted by Crippen LogP contribution is -3.09. The number of ether oxygens (including phenoxy) is 2. The van der Waals surface area contributed by atoms with Crippen LogP contribution in [0, 0.1) is 0 Å². The second kappa shape index (κ2) is 9.78. The monoisotopic (exact) mass is 387 g/mol. The molecule has 0 aromatic heterocycles. The van der Waals surface area contributed by atoms with Crippen molar-refractivity contribution in [3.8, 4) is 11.5 Å². The number of hydrogen-bond donors (Lipinski definition) is 2. The second-order valence-electron chi connectivity index (χ2n) is 5.79. The summed E-state index contributed by atoms with van der Waals surface area (Å²) in [6.07, 6.45) is 0. The van der Waals surface area contributed by atoms with E-state index in [1.807, 2.05) is 46.9 Å². The van der Waals surface area contributed by atoms with E-state index < -0.39 is 0 Å². The SMILES string of the molecule is CCOc1cc(Br)c(C[NH+](C)CC(=O)NC(C)C)cc1OCC. The summed E-state index contributed by atoms with van der Waals surface area (Å²) in [6.45, 7) is 10.1. The molecule has 5 nitrogen and oxygen atoms in total. The lowest BCUT2D eigenvalue weighted by atomic mass is 10.2. The number of likely N-dealkylation sites (N-methyl/N-ethyl adjacent to an activating group) is 1. The fraction of sp³-hybridized carbons (Fsp3) is 0.588. The molecular weight excluding hydrogens is 360 g/mol. The lowest BCUT2D eigenvalue weighted by Gasteiger charge is -2.18. The molecule has 0 spiro atoms. The third-order valence-electron chi connectivity index (χ3n) is 3.12. The van der Waals surface area contributed by atoms with Gasteiger partial charge in [-0.05, 0) is 39.8 Å². The molecular formula is C17H28BrN2O3+. The Hall–Kier alpha value is -1.27. The fourth-order valence-corrected chi connectivity index (χ4v) is 2.75. The fourth-order valence-electron chi connectivity index (χ4n) is 2.28. The smallest absolute Gasteiger partial charge is 0.275 e. The first-order chi connectivity index (χ1) is 10.9. The minimum absolute atomic E-state index is 0.0598. The summed E-state index contributed by atoms with van der Waals surface area (Å²) in [5, 5.41) is 2.92. The lowest BCUT2D eigenvalue weighted by molar-refractivity contribution is -0.885. The van der Waals surface area contributed by atoms with Gasteiger partial charge in [0.05, 0.1) is 20.3 Å². The van der Waals surface area contributed by atoms with Crippen molar-refractivity contribution in [3.05, 3.63) is 22.2 Å². The van der Waals surface area contributed by atoms with Crippen molar-refractivity contribution in [1.82, 2.24) is 5.32 Å². The van der Waals surface area contributed by atoms with Gasteiger partial charge < -0.3 is 19.7 Å². The van der Waals surface area contributed by atoms with Crippen LogP contribution in [0.3, 0.4) is 0 Å². The molecule has 1 rings (SSSR count). The summed E-state index contributed by atoms with van der Waals surface area (Å²) in [7, 11) is 2.00. The van der Waals surface area contributed by atoms with Gasteiger partial charge in [-0.3, -0.25) is 4.79 Å². The highest BCUT2D eigenvalue weighted by Crippen LogP contribution is 2.33. The molecule has 6 heteroatoms. The van der Waals surface area contributed by atoms with Crippen LogP contribution in [0.15, 0.2) is 16.6 Å². The summed E-state index contributed by atoms with van der Waals surface area (Å²) in [6, 6.07) is 4.09. The molecule has 0 radical (unpaired) electrons. The summed E-state index contributed by atoms with van der Waals surface area (Å²) in [5.74, 6) is 1.54. The number of hydrogen-bond acceptors (Lipinski definition) is 3. The minimum atomic E-state index is 0.0598. The molecule has 1 aromatic carbocycles. The van der Waals surface area contributed by atoms with E-state index in [-0.39, 0.29) is 11.9 Å². The van der Waals surface area contributed by atoms with Crippen molar-refractivity contribution in [2.45, 2.75) is 40.3 Å². The van der Waals surface area contributed by atoms with Gasteiger partial charge in [0.1, 0.15) is 6.54 Å². The van der Waals surface area contributed by atoms with E-state index in [2.05, 4.69) is 21.2 Å². The number of carbonyl (C=O) groups is 1. The van der Waals surface area contributed by atoms with Crippen LogP contribution in [0.4, 0.5) is 0 Å². The van der Waals surface area contributed by atoms with E-state index in [0.29, 0.717) is 19.8 Å². The van der Waals surface area contributed by atoms with E-state index in [4.69, 9.17) is 9.47 Å². The molecule has 1 atom stereocenters. The zero-order chi connectivity index (χ0) is 17.4. The van der Waals surface area contributed by atoms with Crippen LogP contribution >= 0.6 is 15.9 Å². The van der Waals surface area contributed by atoms with E-state index in [0.717, 1.165) is 33.0 Å². The molecule has 0 saturated heterocycles. The van der Waals surface area contributed by atoms with E-state index >= 15 is 0 Å². The van der Waals surface area contributed by atoms with Crippen LogP contribution in [-0.4, -0.2) is 38.8 Å². The first-order valence-electron chi connectivity index (χ1n) is 8.06. The Bertz CT molecular complexity index is 521. The van der Waals surface area contributed by atoms with Gasteiger partial charge in [-0.1, -0.05) is 15.9 Å². The Morgan fingerprint density at radius 2 is 1.78 bits per heavy atom.